The Labute approximate surface area is 197 Å². The number of aromatic nitrogens is 2. The molecule has 2 heterocycles. The van der Waals surface area contributed by atoms with E-state index in [1.165, 1.54) is 28.5 Å². The molecule has 1 atom stereocenters. The molecule has 1 aliphatic carbocycles. The van der Waals surface area contributed by atoms with Gasteiger partial charge in [0, 0.05) is 29.4 Å². The number of thioether (sulfide) groups is 1. The minimum atomic E-state index is -0.387. The van der Waals surface area contributed by atoms with Crippen LogP contribution >= 0.6 is 11.8 Å². The van der Waals surface area contributed by atoms with Gasteiger partial charge in [0.05, 0.1) is 5.56 Å². The number of carbonyl (C=O) groups is 1. The molecule has 1 aliphatic heterocycles. The topological polar surface area (TPSA) is 74.8 Å². The number of fused-ring (bicyclic) bond motifs is 1. The van der Waals surface area contributed by atoms with E-state index < -0.39 is 0 Å². The highest BCUT2D eigenvalue weighted by atomic mass is 32.2. The second-order valence-electron chi connectivity index (χ2n) is 8.73. The van der Waals surface area contributed by atoms with Crippen LogP contribution in [0.4, 0.5) is 5.82 Å². The molecule has 0 saturated heterocycles. The van der Waals surface area contributed by atoms with Gasteiger partial charge < -0.3 is 10.3 Å². The average Bonchev–Trinajstić information content (AvgIpc) is 2.83. The normalized spacial score (nSPS) is 17.4. The Morgan fingerprint density at radius 1 is 1.00 bits per heavy atom. The molecule has 5 rings (SSSR count). The molecule has 33 heavy (non-hydrogen) atoms. The van der Waals surface area contributed by atoms with Crippen molar-refractivity contribution in [2.45, 2.75) is 56.4 Å². The lowest BCUT2D eigenvalue weighted by atomic mass is 9.76. The minimum absolute atomic E-state index is 0.121. The SMILES string of the molecule is CCc1ccc(C2C3=C(CCCC3=O)Nc3nc(SCc4ccc(C)cc4)[nH]c(=O)c32)cc1. The molecule has 0 fully saturated rings. The third kappa shape index (κ3) is 4.27. The average molecular weight is 458 g/mol. The number of aryl methyl sites for hydroxylation is 2. The summed E-state index contributed by atoms with van der Waals surface area (Å²) in [5.74, 6) is 1.03. The molecule has 2 aromatic carbocycles. The van der Waals surface area contributed by atoms with Crippen LogP contribution in [0.2, 0.25) is 0 Å². The molecular weight excluding hydrogens is 430 g/mol. The van der Waals surface area contributed by atoms with Crippen molar-refractivity contribution in [2.24, 2.45) is 0 Å². The Kier molecular flexibility index (Phi) is 5.94. The summed E-state index contributed by atoms with van der Waals surface area (Å²) in [7, 11) is 0. The number of nitrogens with one attached hydrogen (secondary N) is 2. The quantitative estimate of drug-likeness (QED) is 0.391. The van der Waals surface area contributed by atoms with Gasteiger partial charge in [0.1, 0.15) is 5.82 Å². The number of carbonyl (C=O) groups excluding carboxylic acids is 1. The van der Waals surface area contributed by atoms with Crippen LogP contribution in [0.3, 0.4) is 0 Å². The summed E-state index contributed by atoms with van der Waals surface area (Å²) < 4.78 is 0. The van der Waals surface area contributed by atoms with Crippen LogP contribution in [0, 0.1) is 6.92 Å². The summed E-state index contributed by atoms with van der Waals surface area (Å²) in [5.41, 5.74) is 6.58. The first-order valence-corrected chi connectivity index (χ1v) is 12.5. The van der Waals surface area contributed by atoms with E-state index in [1.807, 2.05) is 12.1 Å². The van der Waals surface area contributed by atoms with Crippen molar-refractivity contribution in [2.75, 3.05) is 5.32 Å². The number of ketones is 1. The van der Waals surface area contributed by atoms with Crippen molar-refractivity contribution in [1.82, 2.24) is 9.97 Å². The first-order valence-electron chi connectivity index (χ1n) is 11.5. The second-order valence-corrected chi connectivity index (χ2v) is 9.69. The molecule has 0 radical (unpaired) electrons. The second kappa shape index (κ2) is 9.02. The molecule has 0 spiro atoms. The van der Waals surface area contributed by atoms with Gasteiger partial charge in [0.15, 0.2) is 10.9 Å². The predicted octanol–water partition coefficient (Wildman–Crippen LogP) is 5.50. The van der Waals surface area contributed by atoms with Crippen LogP contribution in [0.1, 0.15) is 59.9 Å². The van der Waals surface area contributed by atoms with Gasteiger partial charge in [-0.15, -0.1) is 0 Å². The summed E-state index contributed by atoms with van der Waals surface area (Å²) in [6, 6.07) is 16.6. The molecule has 6 heteroatoms. The van der Waals surface area contributed by atoms with E-state index >= 15 is 0 Å². The van der Waals surface area contributed by atoms with Crippen LogP contribution in [-0.2, 0) is 17.0 Å². The fourth-order valence-corrected chi connectivity index (χ4v) is 5.44. The zero-order valence-electron chi connectivity index (χ0n) is 18.9. The third-order valence-corrected chi connectivity index (χ3v) is 7.40. The summed E-state index contributed by atoms with van der Waals surface area (Å²) in [5, 5.41) is 3.93. The number of hydrogen-bond donors (Lipinski definition) is 2. The smallest absolute Gasteiger partial charge is 0.257 e. The number of allylic oxidation sites excluding steroid dienone is 2. The van der Waals surface area contributed by atoms with Gasteiger partial charge in [-0.1, -0.05) is 72.8 Å². The van der Waals surface area contributed by atoms with Gasteiger partial charge in [0.2, 0.25) is 0 Å². The fourth-order valence-electron chi connectivity index (χ4n) is 4.62. The Hall–Kier alpha value is -3.12. The van der Waals surface area contributed by atoms with Crippen LogP contribution < -0.4 is 10.9 Å². The number of hydrogen-bond acceptors (Lipinski definition) is 5. The van der Waals surface area contributed by atoms with E-state index in [4.69, 9.17) is 4.98 Å². The highest BCUT2D eigenvalue weighted by Gasteiger charge is 2.37. The monoisotopic (exact) mass is 457 g/mol. The maximum absolute atomic E-state index is 13.3. The van der Waals surface area contributed by atoms with Gasteiger partial charge in [0.25, 0.3) is 5.56 Å². The highest BCUT2D eigenvalue weighted by molar-refractivity contribution is 7.98. The molecule has 1 aromatic heterocycles. The molecule has 0 saturated carbocycles. The van der Waals surface area contributed by atoms with Gasteiger partial charge >= 0.3 is 0 Å². The molecule has 5 nitrogen and oxygen atoms in total. The summed E-state index contributed by atoms with van der Waals surface area (Å²) in [6.07, 6.45) is 3.08. The van der Waals surface area contributed by atoms with Gasteiger partial charge in [-0.3, -0.25) is 9.59 Å². The summed E-state index contributed by atoms with van der Waals surface area (Å²) in [6.45, 7) is 4.18. The van der Waals surface area contributed by atoms with Crippen LogP contribution in [0.25, 0.3) is 0 Å². The van der Waals surface area contributed by atoms with E-state index in [0.29, 0.717) is 23.0 Å². The number of benzene rings is 2. The van der Waals surface area contributed by atoms with Crippen molar-refractivity contribution in [1.29, 1.82) is 0 Å². The first-order chi connectivity index (χ1) is 16.0. The lowest BCUT2D eigenvalue weighted by molar-refractivity contribution is -0.116. The predicted molar refractivity (Wildman–Crippen MR) is 133 cm³/mol. The van der Waals surface area contributed by atoms with Gasteiger partial charge in [-0.25, -0.2) is 4.98 Å². The van der Waals surface area contributed by atoms with Crippen LogP contribution in [0.5, 0.6) is 0 Å². The van der Waals surface area contributed by atoms with Crippen molar-refractivity contribution in [3.05, 3.63) is 98.0 Å². The Balaban J connectivity index is 1.54. The molecule has 1 unspecified atom stereocenters. The summed E-state index contributed by atoms with van der Waals surface area (Å²) >= 11 is 1.51. The van der Waals surface area contributed by atoms with E-state index in [-0.39, 0.29) is 17.3 Å². The van der Waals surface area contributed by atoms with Gasteiger partial charge in [-0.2, -0.15) is 0 Å². The standard InChI is InChI=1S/C27H27N3O2S/c1-3-17-11-13-19(14-12-17)22-23-20(5-4-6-21(23)31)28-25-24(22)26(32)30-27(29-25)33-15-18-9-7-16(2)8-10-18/h7-14,22H,3-6,15H2,1-2H3,(H2,28,29,30,32). The molecule has 0 bridgehead atoms. The largest absolute Gasteiger partial charge is 0.343 e. The lowest BCUT2D eigenvalue weighted by Crippen LogP contribution is -2.32. The van der Waals surface area contributed by atoms with E-state index in [0.717, 1.165) is 41.8 Å². The lowest BCUT2D eigenvalue weighted by Gasteiger charge is -2.32. The Morgan fingerprint density at radius 3 is 2.45 bits per heavy atom. The minimum Gasteiger partial charge on any atom is -0.343 e. The Morgan fingerprint density at radius 2 is 1.73 bits per heavy atom. The number of rotatable bonds is 5. The van der Waals surface area contributed by atoms with E-state index in [1.54, 1.807) is 0 Å². The molecule has 3 aromatic rings. The third-order valence-electron chi connectivity index (χ3n) is 6.45. The number of anilines is 1. The fraction of sp³-hybridized carbons (Fsp3) is 0.296. The summed E-state index contributed by atoms with van der Waals surface area (Å²) in [4.78, 5) is 34.1. The zero-order valence-corrected chi connectivity index (χ0v) is 19.7. The van der Waals surface area contributed by atoms with Crippen LogP contribution in [-0.4, -0.2) is 15.8 Å². The zero-order chi connectivity index (χ0) is 22.9. The number of nitrogens with zero attached hydrogens (tertiary/aromatic N) is 1. The number of aromatic amines is 1. The number of Topliss-reactive ketones (excluding diaryl/α,β-unsaturated/α-hetero) is 1. The maximum atomic E-state index is 13.3. The van der Waals surface area contributed by atoms with Gasteiger partial charge in [-0.05, 0) is 42.9 Å². The molecular formula is C27H27N3O2S. The van der Waals surface area contributed by atoms with E-state index in [2.05, 4.69) is 60.5 Å². The van der Waals surface area contributed by atoms with Crippen molar-refractivity contribution in [3.63, 3.8) is 0 Å². The van der Waals surface area contributed by atoms with Crippen LogP contribution in [0.15, 0.2) is 69.8 Å². The number of H-pyrrole nitrogens is 1. The first kappa shape index (κ1) is 21.7. The van der Waals surface area contributed by atoms with Crippen molar-refractivity contribution >= 4 is 23.4 Å². The maximum Gasteiger partial charge on any atom is 0.257 e. The molecule has 2 aliphatic rings. The van der Waals surface area contributed by atoms with Crippen molar-refractivity contribution < 1.29 is 4.79 Å². The van der Waals surface area contributed by atoms with E-state index in [9.17, 15) is 9.59 Å². The molecule has 2 N–H and O–H groups in total. The van der Waals surface area contributed by atoms with Crippen molar-refractivity contribution in [3.8, 4) is 0 Å². The highest BCUT2D eigenvalue weighted by Crippen LogP contribution is 2.43. The Bertz CT molecular complexity index is 1290. The molecule has 168 valence electrons. The molecule has 0 amide bonds.